The zero-order chi connectivity index (χ0) is 27.8. The van der Waals surface area contributed by atoms with Crippen molar-refractivity contribution in [2.24, 2.45) is 5.92 Å². The minimum atomic E-state index is -3.66. The number of halogens is 1. The Bertz CT molecular complexity index is 1180. The molecular formula is C26H36FN3O6S. The molecule has 0 spiro atoms. The first kappa shape index (κ1) is 30.3. The van der Waals surface area contributed by atoms with E-state index in [4.69, 9.17) is 4.74 Å². The third kappa shape index (κ3) is 10.6. The highest BCUT2D eigenvalue weighted by Crippen LogP contribution is 2.31. The van der Waals surface area contributed by atoms with Crippen molar-refractivity contribution in [1.29, 1.82) is 0 Å². The van der Waals surface area contributed by atoms with Crippen molar-refractivity contribution in [3.8, 4) is 11.3 Å². The third-order valence-electron chi connectivity index (χ3n) is 5.28. The minimum absolute atomic E-state index is 0.104. The lowest BCUT2D eigenvalue weighted by molar-refractivity contribution is -0.146. The van der Waals surface area contributed by atoms with Crippen LogP contribution >= 0.6 is 0 Å². The first-order valence-electron chi connectivity index (χ1n) is 12.1. The Morgan fingerprint density at radius 2 is 1.78 bits per heavy atom. The van der Waals surface area contributed by atoms with E-state index in [0.717, 1.165) is 12.7 Å². The molecule has 0 aliphatic heterocycles. The molecule has 0 amide bonds. The molecule has 2 atom stereocenters. The van der Waals surface area contributed by atoms with Crippen LogP contribution in [0.2, 0.25) is 0 Å². The number of hydrogen-bond donors (Lipinski definition) is 3. The molecule has 1 aromatic heterocycles. The molecule has 37 heavy (non-hydrogen) atoms. The summed E-state index contributed by atoms with van der Waals surface area (Å²) in [6.07, 6.45) is 2.17. The summed E-state index contributed by atoms with van der Waals surface area (Å²) in [5.41, 5.74) is 1.85. The number of benzene rings is 1. The van der Waals surface area contributed by atoms with Crippen molar-refractivity contribution < 1.29 is 32.6 Å². The van der Waals surface area contributed by atoms with Crippen molar-refractivity contribution in [2.75, 3.05) is 17.6 Å². The molecule has 0 unspecified atom stereocenters. The normalized spacial score (nSPS) is 13.8. The van der Waals surface area contributed by atoms with E-state index >= 15 is 0 Å². The largest absolute Gasteiger partial charge is 0.466 e. The third-order valence-corrected chi connectivity index (χ3v) is 5.83. The van der Waals surface area contributed by atoms with Gasteiger partial charge in [-0.15, -0.1) is 0 Å². The van der Waals surface area contributed by atoms with Gasteiger partial charge in [0, 0.05) is 17.5 Å². The van der Waals surface area contributed by atoms with E-state index in [-0.39, 0.29) is 31.3 Å². The molecule has 204 valence electrons. The van der Waals surface area contributed by atoms with Gasteiger partial charge >= 0.3 is 5.97 Å². The summed E-state index contributed by atoms with van der Waals surface area (Å²) in [5, 5.41) is 20.7. The highest BCUT2D eigenvalue weighted by Gasteiger charge is 2.20. The van der Waals surface area contributed by atoms with E-state index in [2.05, 4.69) is 14.7 Å². The molecule has 0 saturated carbocycles. The molecular weight excluding hydrogens is 501 g/mol. The number of aliphatic hydroxyl groups excluding tert-OH is 2. The number of esters is 1. The fraction of sp³-hybridized carbons (Fsp3) is 0.500. The molecule has 0 saturated heterocycles. The first-order valence-corrected chi connectivity index (χ1v) is 14.0. The molecule has 3 N–H and O–H groups in total. The molecule has 9 nitrogen and oxygen atoms in total. The zero-order valence-electron chi connectivity index (χ0n) is 21.8. The Hall–Kier alpha value is -2.89. The Morgan fingerprint density at radius 1 is 1.14 bits per heavy atom. The minimum Gasteiger partial charge on any atom is -0.466 e. The number of nitrogens with one attached hydrogen (secondary N) is 1. The van der Waals surface area contributed by atoms with Gasteiger partial charge in [-0.25, -0.2) is 22.8 Å². The van der Waals surface area contributed by atoms with Gasteiger partial charge in [0.25, 0.3) is 0 Å². The molecule has 1 heterocycles. The van der Waals surface area contributed by atoms with Crippen LogP contribution in [0.15, 0.2) is 30.3 Å². The summed E-state index contributed by atoms with van der Waals surface area (Å²) < 4.78 is 44.5. The quantitative estimate of drug-likeness (QED) is 0.327. The average Bonchev–Trinajstić information content (AvgIpc) is 2.76. The van der Waals surface area contributed by atoms with E-state index < -0.39 is 34.0 Å². The fourth-order valence-corrected chi connectivity index (χ4v) is 3.86. The van der Waals surface area contributed by atoms with Gasteiger partial charge in [0.15, 0.2) is 0 Å². The topological polar surface area (TPSA) is 139 Å². The van der Waals surface area contributed by atoms with Gasteiger partial charge in [0.05, 0.1) is 42.9 Å². The number of sulfonamides is 1. The first-order chi connectivity index (χ1) is 17.2. The second-order valence-electron chi connectivity index (χ2n) is 9.65. The number of nitrogens with zero attached hydrogens (tertiary/aromatic N) is 2. The Balaban J connectivity index is 2.31. The van der Waals surface area contributed by atoms with Gasteiger partial charge in [-0.1, -0.05) is 39.8 Å². The number of aromatic nitrogens is 2. The SMILES string of the molecule is CC(C)CCOC(=O)C[C@H](O)C[C@H](O)/C=C/c1c(-c2ccc(F)cc2)nc(NS(C)(=O)=O)nc1C(C)C. The van der Waals surface area contributed by atoms with Crippen molar-refractivity contribution in [3.63, 3.8) is 0 Å². The van der Waals surface area contributed by atoms with Crippen molar-refractivity contribution in [3.05, 3.63) is 47.4 Å². The van der Waals surface area contributed by atoms with Crippen LogP contribution in [0.5, 0.6) is 0 Å². The molecule has 2 rings (SSSR count). The van der Waals surface area contributed by atoms with Crippen LogP contribution in [-0.2, 0) is 19.6 Å². The fourth-order valence-electron chi connectivity index (χ4n) is 3.44. The van der Waals surface area contributed by atoms with Crippen molar-refractivity contribution in [1.82, 2.24) is 9.97 Å². The maximum Gasteiger partial charge on any atom is 0.308 e. The van der Waals surface area contributed by atoms with Crippen LogP contribution in [0.3, 0.4) is 0 Å². The van der Waals surface area contributed by atoms with E-state index in [0.29, 0.717) is 28.4 Å². The van der Waals surface area contributed by atoms with Crippen LogP contribution in [0.1, 0.15) is 64.1 Å². The monoisotopic (exact) mass is 537 g/mol. The van der Waals surface area contributed by atoms with E-state index in [1.54, 1.807) is 6.08 Å². The molecule has 0 aliphatic carbocycles. The maximum atomic E-state index is 13.6. The van der Waals surface area contributed by atoms with E-state index in [1.165, 1.54) is 30.3 Å². The standard InChI is InChI=1S/C26H36FN3O6S/c1-16(2)12-13-36-23(33)15-21(32)14-20(31)10-11-22-24(17(3)4)28-26(30-37(5,34)35)29-25(22)18-6-8-19(27)9-7-18/h6-11,16-17,20-21,31-32H,12-15H2,1-5H3,(H,28,29,30)/b11-10+/t20-,21-/m1/s1. The molecule has 0 fully saturated rings. The lowest BCUT2D eigenvalue weighted by Crippen LogP contribution is -2.21. The van der Waals surface area contributed by atoms with E-state index in [1.807, 2.05) is 27.7 Å². The molecule has 0 radical (unpaired) electrons. The molecule has 2 aromatic rings. The highest BCUT2D eigenvalue weighted by molar-refractivity contribution is 7.91. The Labute approximate surface area is 217 Å². The Morgan fingerprint density at radius 3 is 2.35 bits per heavy atom. The summed E-state index contributed by atoms with van der Waals surface area (Å²) >= 11 is 0. The number of carbonyl (C=O) groups is 1. The van der Waals surface area contributed by atoms with Crippen LogP contribution in [0.4, 0.5) is 10.3 Å². The summed E-state index contributed by atoms with van der Waals surface area (Å²) in [5.74, 6) is -0.881. The zero-order valence-corrected chi connectivity index (χ0v) is 22.6. The predicted molar refractivity (Wildman–Crippen MR) is 141 cm³/mol. The number of hydrogen-bond acceptors (Lipinski definition) is 8. The van der Waals surface area contributed by atoms with Crippen LogP contribution in [0.25, 0.3) is 17.3 Å². The Kier molecular flexibility index (Phi) is 11.1. The summed E-state index contributed by atoms with van der Waals surface area (Å²) in [6, 6.07) is 5.53. The number of ether oxygens (including phenoxy) is 1. The lowest BCUT2D eigenvalue weighted by Gasteiger charge is -2.17. The summed E-state index contributed by atoms with van der Waals surface area (Å²) in [4.78, 5) is 20.6. The van der Waals surface area contributed by atoms with Gasteiger partial charge in [0.1, 0.15) is 5.82 Å². The smallest absolute Gasteiger partial charge is 0.308 e. The van der Waals surface area contributed by atoms with Crippen LogP contribution in [0, 0.1) is 11.7 Å². The predicted octanol–water partition coefficient (Wildman–Crippen LogP) is 3.88. The van der Waals surface area contributed by atoms with Gasteiger partial charge in [-0.3, -0.25) is 9.52 Å². The van der Waals surface area contributed by atoms with Gasteiger partial charge in [-0.2, -0.15) is 0 Å². The van der Waals surface area contributed by atoms with Crippen LogP contribution in [-0.4, -0.2) is 59.6 Å². The molecule has 1 aromatic carbocycles. The average molecular weight is 538 g/mol. The second-order valence-corrected chi connectivity index (χ2v) is 11.4. The van der Waals surface area contributed by atoms with Crippen molar-refractivity contribution >= 4 is 28.0 Å². The number of anilines is 1. The van der Waals surface area contributed by atoms with Gasteiger partial charge < -0.3 is 14.9 Å². The lowest BCUT2D eigenvalue weighted by atomic mass is 9.97. The van der Waals surface area contributed by atoms with Gasteiger partial charge in [-0.05, 0) is 42.5 Å². The highest BCUT2D eigenvalue weighted by atomic mass is 32.2. The summed E-state index contributed by atoms with van der Waals surface area (Å²) in [6.45, 7) is 8.03. The molecule has 0 bridgehead atoms. The molecule has 11 heteroatoms. The number of aliphatic hydroxyl groups is 2. The second kappa shape index (κ2) is 13.6. The number of rotatable bonds is 13. The van der Waals surface area contributed by atoms with E-state index in [9.17, 15) is 27.8 Å². The number of carbonyl (C=O) groups excluding carboxylic acids is 1. The maximum absolute atomic E-state index is 13.6. The summed E-state index contributed by atoms with van der Waals surface area (Å²) in [7, 11) is -3.66. The van der Waals surface area contributed by atoms with Gasteiger partial charge in [0.2, 0.25) is 16.0 Å². The molecule has 0 aliphatic rings. The van der Waals surface area contributed by atoms with Crippen molar-refractivity contribution in [2.45, 2.75) is 65.1 Å². The van der Waals surface area contributed by atoms with Crippen LogP contribution < -0.4 is 4.72 Å².